The van der Waals surface area contributed by atoms with Crippen molar-refractivity contribution in [3.8, 4) is 0 Å². The van der Waals surface area contributed by atoms with Gasteiger partial charge in [0.05, 0.1) is 19.5 Å². The lowest BCUT2D eigenvalue weighted by Crippen LogP contribution is -2.33. The molecule has 0 bridgehead atoms. The second kappa shape index (κ2) is 12.2. The Morgan fingerprint density at radius 2 is 2.07 bits per heavy atom. The number of nitrogens with zero attached hydrogens (tertiary/aromatic N) is 2. The number of nitrogens with one attached hydrogen (secondary N) is 1. The molecule has 0 spiro atoms. The Morgan fingerprint density at radius 1 is 1.39 bits per heavy atom. The van der Waals surface area contributed by atoms with E-state index in [1.54, 1.807) is 7.11 Å². The van der Waals surface area contributed by atoms with Crippen molar-refractivity contribution in [3.63, 3.8) is 0 Å². The molecule has 0 radical (unpaired) electrons. The Bertz CT molecular complexity index is 697. The van der Waals surface area contributed by atoms with Gasteiger partial charge in [0.2, 0.25) is 0 Å². The van der Waals surface area contributed by atoms with E-state index >= 15 is 0 Å². The van der Waals surface area contributed by atoms with Crippen LogP contribution < -0.4 is 5.32 Å². The molecule has 0 saturated carbocycles. The maximum atomic E-state index is 5.77. The Balaban J connectivity index is 3.58. The number of halogens is 1. The number of hydrogen-bond donors (Lipinski definition) is 1. The van der Waals surface area contributed by atoms with Crippen molar-refractivity contribution in [3.05, 3.63) is 58.9 Å². The van der Waals surface area contributed by atoms with Crippen molar-refractivity contribution < 1.29 is 4.74 Å². The molecule has 1 aliphatic rings. The van der Waals surface area contributed by atoms with E-state index in [4.69, 9.17) is 9.73 Å². The number of aliphatic imine (C=N–C) groups is 1. The van der Waals surface area contributed by atoms with Gasteiger partial charge in [-0.3, -0.25) is 9.89 Å². The van der Waals surface area contributed by atoms with Crippen molar-refractivity contribution >= 4 is 21.6 Å². The normalized spacial score (nSPS) is 17.1. The quantitative estimate of drug-likeness (QED) is 0.375. The molecule has 1 unspecified atom stereocenters. The first-order chi connectivity index (χ1) is 13.2. The molecule has 0 amide bonds. The molecule has 1 aliphatic carbocycles. The number of alkyl halides is 1. The van der Waals surface area contributed by atoms with Crippen molar-refractivity contribution in [2.24, 2.45) is 4.99 Å². The molecule has 28 heavy (non-hydrogen) atoms. The van der Waals surface area contributed by atoms with E-state index in [1.807, 2.05) is 14.0 Å². The zero-order valence-electron chi connectivity index (χ0n) is 18.5. The van der Waals surface area contributed by atoms with Gasteiger partial charge in [0.25, 0.3) is 0 Å². The lowest BCUT2D eigenvalue weighted by molar-refractivity contribution is 0.300. The van der Waals surface area contributed by atoms with Crippen LogP contribution in [0.25, 0.3) is 0 Å². The predicted octanol–water partition coefficient (Wildman–Crippen LogP) is 5.02. The van der Waals surface area contributed by atoms with Gasteiger partial charge in [0.1, 0.15) is 5.76 Å². The Hall–Kier alpha value is -1.43. The largest absolute Gasteiger partial charge is 0.496 e. The fourth-order valence-corrected chi connectivity index (χ4v) is 3.04. The molecule has 0 saturated heterocycles. The van der Waals surface area contributed by atoms with Gasteiger partial charge in [0.15, 0.2) is 0 Å². The summed E-state index contributed by atoms with van der Waals surface area (Å²) < 4.78 is 5.77. The van der Waals surface area contributed by atoms with Crippen LogP contribution in [-0.2, 0) is 4.74 Å². The number of hydrogen-bond acceptors (Lipinski definition) is 4. The van der Waals surface area contributed by atoms with Gasteiger partial charge in [-0.1, -0.05) is 40.2 Å². The van der Waals surface area contributed by atoms with Crippen molar-refractivity contribution in [1.82, 2.24) is 10.2 Å². The van der Waals surface area contributed by atoms with Gasteiger partial charge in [-0.25, -0.2) is 0 Å². The van der Waals surface area contributed by atoms with E-state index in [1.165, 1.54) is 0 Å². The molecule has 0 fully saturated rings. The van der Waals surface area contributed by atoms with E-state index in [2.05, 4.69) is 84.8 Å². The van der Waals surface area contributed by atoms with Crippen LogP contribution in [0.3, 0.4) is 0 Å². The molecular formula is C23H36BrN3O. The number of methoxy groups -OCH3 is 1. The maximum absolute atomic E-state index is 5.77. The summed E-state index contributed by atoms with van der Waals surface area (Å²) in [6.07, 6.45) is 9.51. The molecule has 0 aromatic heterocycles. The van der Waals surface area contributed by atoms with Gasteiger partial charge >= 0.3 is 0 Å². The lowest BCUT2D eigenvalue weighted by atomic mass is 9.94. The first-order valence-electron chi connectivity index (χ1n) is 9.78. The van der Waals surface area contributed by atoms with Gasteiger partial charge in [-0.2, -0.15) is 0 Å². The Kier molecular flexibility index (Phi) is 10.7. The van der Waals surface area contributed by atoms with E-state index in [-0.39, 0.29) is 4.83 Å². The fraction of sp³-hybridized carbons (Fsp3) is 0.522. The van der Waals surface area contributed by atoms with Gasteiger partial charge in [0, 0.05) is 28.6 Å². The summed E-state index contributed by atoms with van der Waals surface area (Å²) in [5.74, 6) is 0.872. The molecule has 1 rings (SSSR count). The summed E-state index contributed by atoms with van der Waals surface area (Å²) >= 11 is 3.70. The summed E-state index contributed by atoms with van der Waals surface area (Å²) in [6.45, 7) is 14.0. The molecule has 4 nitrogen and oxygen atoms in total. The zero-order chi connectivity index (χ0) is 21.3. The third kappa shape index (κ3) is 7.53. The second-order valence-corrected chi connectivity index (χ2v) is 8.83. The van der Waals surface area contributed by atoms with E-state index in [9.17, 15) is 0 Å². The Labute approximate surface area is 180 Å². The van der Waals surface area contributed by atoms with E-state index in [0.717, 1.165) is 46.7 Å². The third-order valence-corrected chi connectivity index (χ3v) is 4.89. The summed E-state index contributed by atoms with van der Waals surface area (Å²) in [5.41, 5.74) is 5.36. The molecular weight excluding hydrogens is 414 g/mol. The lowest BCUT2D eigenvalue weighted by Gasteiger charge is -2.25. The van der Waals surface area contributed by atoms with Gasteiger partial charge < -0.3 is 10.1 Å². The van der Waals surface area contributed by atoms with E-state index in [0.29, 0.717) is 12.7 Å². The minimum atomic E-state index is 0.200. The minimum Gasteiger partial charge on any atom is -0.496 e. The second-order valence-electron chi connectivity index (χ2n) is 7.39. The smallest absolute Gasteiger partial charge is 0.123 e. The van der Waals surface area contributed by atoms with Gasteiger partial charge in [-0.05, 0) is 65.9 Å². The molecule has 0 aromatic carbocycles. The summed E-state index contributed by atoms with van der Waals surface area (Å²) in [4.78, 5) is 7.37. The summed E-state index contributed by atoms with van der Waals surface area (Å²) in [5, 5.41) is 3.14. The zero-order valence-corrected chi connectivity index (χ0v) is 20.1. The van der Waals surface area contributed by atoms with Crippen LogP contribution >= 0.6 is 15.9 Å². The maximum Gasteiger partial charge on any atom is 0.123 e. The highest BCUT2D eigenvalue weighted by Gasteiger charge is 2.21. The number of ether oxygens (including phenoxy) is 1. The first kappa shape index (κ1) is 24.6. The first-order valence-corrected chi connectivity index (χ1v) is 10.7. The molecule has 0 aliphatic heterocycles. The third-order valence-electron chi connectivity index (χ3n) is 4.63. The van der Waals surface area contributed by atoms with Crippen LogP contribution in [0, 0.1) is 0 Å². The SMILES string of the molecule is C=C(C)C1=CCC=C(OC)C(/C(=C/C(C)Br)C(CN(C)C(C)C)=NCNC)=C1. The Morgan fingerprint density at radius 3 is 2.57 bits per heavy atom. The molecule has 156 valence electrons. The number of rotatable bonds is 10. The highest BCUT2D eigenvalue weighted by Crippen LogP contribution is 2.30. The summed E-state index contributed by atoms with van der Waals surface area (Å²) in [7, 11) is 5.77. The number of allylic oxidation sites excluding steroid dienone is 7. The molecule has 0 aromatic rings. The monoisotopic (exact) mass is 449 g/mol. The van der Waals surface area contributed by atoms with E-state index < -0.39 is 0 Å². The molecule has 1 atom stereocenters. The van der Waals surface area contributed by atoms with Crippen LogP contribution in [0.15, 0.2) is 63.9 Å². The minimum absolute atomic E-state index is 0.200. The standard InChI is InChI=1S/C23H36BrN3O/c1-16(2)19-10-9-11-23(28-8)21(13-19)20(12-18(5)24)22(26-15-25-6)14-27(7)17(3)4/h10-13,17-18,25H,1,9,14-15H2,2-8H3/b20-12-,26-22?. The highest BCUT2D eigenvalue weighted by atomic mass is 79.9. The van der Waals surface area contributed by atoms with Crippen LogP contribution in [-0.4, -0.2) is 55.9 Å². The predicted molar refractivity (Wildman–Crippen MR) is 126 cm³/mol. The summed E-state index contributed by atoms with van der Waals surface area (Å²) in [6, 6.07) is 0.425. The van der Waals surface area contributed by atoms with Crippen molar-refractivity contribution in [1.29, 1.82) is 0 Å². The van der Waals surface area contributed by atoms with Crippen LogP contribution in [0.2, 0.25) is 0 Å². The average molecular weight is 450 g/mol. The van der Waals surface area contributed by atoms with Gasteiger partial charge in [-0.15, -0.1) is 0 Å². The molecule has 5 heteroatoms. The molecule has 1 N–H and O–H groups in total. The average Bonchev–Trinajstić information content (AvgIpc) is 2.85. The highest BCUT2D eigenvalue weighted by molar-refractivity contribution is 9.09. The van der Waals surface area contributed by atoms with Crippen molar-refractivity contribution in [2.45, 2.75) is 45.0 Å². The fourth-order valence-electron chi connectivity index (χ4n) is 2.77. The van der Waals surface area contributed by atoms with Crippen LogP contribution in [0.5, 0.6) is 0 Å². The van der Waals surface area contributed by atoms with Crippen LogP contribution in [0.1, 0.15) is 34.1 Å². The van der Waals surface area contributed by atoms with Crippen molar-refractivity contribution in [2.75, 3.05) is 34.4 Å². The molecule has 0 heterocycles. The topological polar surface area (TPSA) is 36.9 Å². The van der Waals surface area contributed by atoms with Crippen LogP contribution in [0.4, 0.5) is 0 Å².